The first-order valence-electron chi connectivity index (χ1n) is 9.67. The maximum Gasteiger partial charge on any atom is 0.227 e. The topological polar surface area (TPSA) is 84.4 Å². The molecule has 0 radical (unpaired) electrons. The second-order valence-corrected chi connectivity index (χ2v) is 7.87. The largest absolute Gasteiger partial charge is 0.497 e. The second kappa shape index (κ2) is 9.64. The molecule has 1 N–H and O–H groups in total. The number of methoxy groups -OCH3 is 1. The molecule has 0 saturated heterocycles. The second-order valence-electron chi connectivity index (χ2n) is 6.89. The van der Waals surface area contributed by atoms with Crippen LogP contribution in [0.25, 0.3) is 10.6 Å². The number of hydrogen-bond donors (Lipinski definition) is 1. The number of ether oxygens (including phenoxy) is 1. The number of carbonyl (C=O) groups excluding carboxylic acids is 2. The van der Waals surface area contributed by atoms with Gasteiger partial charge in [0.15, 0.2) is 0 Å². The van der Waals surface area contributed by atoms with E-state index in [2.05, 4.69) is 15.5 Å². The summed E-state index contributed by atoms with van der Waals surface area (Å²) in [6, 6.07) is 7.52. The Kier molecular flexibility index (Phi) is 6.97. The number of hydrogen-bond acceptors (Lipinski definition) is 6. The molecule has 3 rings (SSSR count). The Morgan fingerprint density at radius 1 is 1.21 bits per heavy atom. The lowest BCUT2D eigenvalue weighted by atomic mass is 9.84. The van der Waals surface area contributed by atoms with E-state index in [0.29, 0.717) is 18.2 Å². The number of amides is 2. The van der Waals surface area contributed by atoms with E-state index in [4.69, 9.17) is 4.74 Å². The van der Waals surface area contributed by atoms with Crippen molar-refractivity contribution in [3.8, 4) is 16.3 Å². The van der Waals surface area contributed by atoms with Crippen LogP contribution in [0.5, 0.6) is 5.75 Å². The smallest absolute Gasteiger partial charge is 0.227 e. The summed E-state index contributed by atoms with van der Waals surface area (Å²) in [4.78, 5) is 26.6. The van der Waals surface area contributed by atoms with Crippen molar-refractivity contribution >= 4 is 28.3 Å². The minimum atomic E-state index is -0.153. The zero-order valence-corrected chi connectivity index (χ0v) is 17.1. The van der Waals surface area contributed by atoms with Crippen molar-refractivity contribution in [3.05, 3.63) is 24.3 Å². The molecule has 150 valence electrons. The van der Waals surface area contributed by atoms with Crippen LogP contribution >= 0.6 is 11.3 Å². The van der Waals surface area contributed by atoms with Crippen LogP contribution in [0.2, 0.25) is 0 Å². The van der Waals surface area contributed by atoms with E-state index >= 15 is 0 Å². The molecule has 1 fully saturated rings. The molecular formula is C20H26N4O3S. The first-order valence-corrected chi connectivity index (χ1v) is 10.5. The first-order chi connectivity index (χ1) is 13.6. The molecule has 1 aliphatic carbocycles. The number of rotatable bonds is 9. The maximum atomic E-state index is 12.5. The highest BCUT2D eigenvalue weighted by molar-refractivity contribution is 7.18. The predicted molar refractivity (Wildman–Crippen MR) is 109 cm³/mol. The van der Waals surface area contributed by atoms with Gasteiger partial charge in [-0.3, -0.25) is 9.59 Å². The molecule has 0 bridgehead atoms. The summed E-state index contributed by atoms with van der Waals surface area (Å²) in [5.74, 6) is 0.971. The molecule has 0 atom stereocenters. The van der Waals surface area contributed by atoms with Gasteiger partial charge in [0, 0.05) is 31.0 Å². The number of nitrogens with one attached hydrogen (secondary N) is 1. The SMILES string of the molecule is CCCN(CCC(=O)Nc1nnc(-c2ccc(OC)cc2)s1)C(=O)C1CCC1. The number of aromatic nitrogens is 2. The Morgan fingerprint density at radius 3 is 2.57 bits per heavy atom. The highest BCUT2D eigenvalue weighted by Gasteiger charge is 2.29. The van der Waals surface area contributed by atoms with Gasteiger partial charge in [-0.25, -0.2) is 0 Å². The van der Waals surface area contributed by atoms with Crippen LogP contribution in [-0.2, 0) is 9.59 Å². The molecule has 7 nitrogen and oxygen atoms in total. The zero-order valence-electron chi connectivity index (χ0n) is 16.3. The minimum absolute atomic E-state index is 0.153. The van der Waals surface area contributed by atoms with E-state index < -0.39 is 0 Å². The van der Waals surface area contributed by atoms with E-state index in [0.717, 1.165) is 42.0 Å². The van der Waals surface area contributed by atoms with Crippen molar-refractivity contribution in [2.45, 2.75) is 39.0 Å². The van der Waals surface area contributed by atoms with Gasteiger partial charge in [-0.15, -0.1) is 10.2 Å². The van der Waals surface area contributed by atoms with Crippen molar-refractivity contribution < 1.29 is 14.3 Å². The predicted octanol–water partition coefficient (Wildman–Crippen LogP) is 3.58. The Hall–Kier alpha value is -2.48. The summed E-state index contributed by atoms with van der Waals surface area (Å²) in [6.45, 7) is 3.19. The number of anilines is 1. The molecule has 1 saturated carbocycles. The Morgan fingerprint density at radius 2 is 1.96 bits per heavy atom. The van der Waals surface area contributed by atoms with E-state index in [9.17, 15) is 9.59 Å². The van der Waals surface area contributed by atoms with Crippen LogP contribution in [0.1, 0.15) is 39.0 Å². The van der Waals surface area contributed by atoms with Gasteiger partial charge >= 0.3 is 0 Å². The lowest BCUT2D eigenvalue weighted by molar-refractivity contribution is -0.138. The maximum absolute atomic E-state index is 12.5. The fourth-order valence-corrected chi connectivity index (χ4v) is 3.82. The molecule has 0 spiro atoms. The molecule has 0 aliphatic heterocycles. The van der Waals surface area contributed by atoms with Crippen molar-refractivity contribution in [1.29, 1.82) is 0 Å². The van der Waals surface area contributed by atoms with Gasteiger partial charge in [0.25, 0.3) is 0 Å². The third-order valence-corrected chi connectivity index (χ3v) is 5.76. The molecular weight excluding hydrogens is 376 g/mol. The molecule has 1 aliphatic rings. The molecule has 2 aromatic rings. The lowest BCUT2D eigenvalue weighted by Gasteiger charge is -2.31. The average molecular weight is 403 g/mol. The van der Waals surface area contributed by atoms with Crippen molar-refractivity contribution in [3.63, 3.8) is 0 Å². The highest BCUT2D eigenvalue weighted by Crippen LogP contribution is 2.29. The summed E-state index contributed by atoms with van der Waals surface area (Å²) >= 11 is 1.32. The number of carbonyl (C=O) groups is 2. The summed E-state index contributed by atoms with van der Waals surface area (Å²) in [5.41, 5.74) is 0.916. The highest BCUT2D eigenvalue weighted by atomic mass is 32.1. The van der Waals surface area contributed by atoms with Crippen LogP contribution in [0.3, 0.4) is 0 Å². The van der Waals surface area contributed by atoms with Gasteiger partial charge in [-0.2, -0.15) is 0 Å². The zero-order chi connectivity index (χ0) is 19.9. The summed E-state index contributed by atoms with van der Waals surface area (Å²) < 4.78 is 5.15. The van der Waals surface area contributed by atoms with Crippen molar-refractivity contribution in [1.82, 2.24) is 15.1 Å². The third kappa shape index (κ3) is 5.07. The van der Waals surface area contributed by atoms with Gasteiger partial charge in [0.2, 0.25) is 16.9 Å². The molecule has 0 unspecified atom stereocenters. The van der Waals surface area contributed by atoms with E-state index in [-0.39, 0.29) is 24.2 Å². The third-order valence-electron chi connectivity index (χ3n) is 4.88. The van der Waals surface area contributed by atoms with Gasteiger partial charge < -0.3 is 15.0 Å². The molecule has 1 heterocycles. The first kappa shape index (κ1) is 20.3. The lowest BCUT2D eigenvalue weighted by Crippen LogP contribution is -2.40. The quantitative estimate of drug-likeness (QED) is 0.693. The minimum Gasteiger partial charge on any atom is -0.497 e. The number of nitrogens with zero attached hydrogens (tertiary/aromatic N) is 3. The average Bonchev–Trinajstić information content (AvgIpc) is 3.12. The number of benzene rings is 1. The van der Waals surface area contributed by atoms with E-state index in [1.807, 2.05) is 36.1 Å². The van der Waals surface area contributed by atoms with Crippen molar-refractivity contribution in [2.24, 2.45) is 5.92 Å². The molecule has 8 heteroatoms. The van der Waals surface area contributed by atoms with E-state index in [1.54, 1.807) is 7.11 Å². The van der Waals surface area contributed by atoms with Crippen LogP contribution in [0, 0.1) is 5.92 Å². The van der Waals surface area contributed by atoms with E-state index in [1.165, 1.54) is 11.3 Å². The van der Waals surface area contributed by atoms with Crippen LogP contribution in [0.4, 0.5) is 5.13 Å². The normalized spacial score (nSPS) is 13.6. The van der Waals surface area contributed by atoms with Crippen molar-refractivity contribution in [2.75, 3.05) is 25.5 Å². The fourth-order valence-electron chi connectivity index (χ4n) is 3.06. The molecule has 2 amide bonds. The van der Waals surface area contributed by atoms with Gasteiger partial charge in [-0.05, 0) is 43.5 Å². The van der Waals surface area contributed by atoms with Crippen LogP contribution in [-0.4, -0.2) is 47.1 Å². The summed E-state index contributed by atoms with van der Waals surface area (Å²) in [5, 5.41) is 12.2. The fraction of sp³-hybridized carbons (Fsp3) is 0.500. The van der Waals surface area contributed by atoms with Crippen LogP contribution in [0.15, 0.2) is 24.3 Å². The Balaban J connectivity index is 1.52. The Bertz CT molecular complexity index is 802. The monoisotopic (exact) mass is 402 g/mol. The molecule has 1 aromatic carbocycles. The van der Waals surface area contributed by atoms with Gasteiger partial charge in [0.05, 0.1) is 7.11 Å². The summed E-state index contributed by atoms with van der Waals surface area (Å²) in [7, 11) is 1.62. The molecule has 28 heavy (non-hydrogen) atoms. The Labute approximate surface area is 169 Å². The van der Waals surface area contributed by atoms with Crippen LogP contribution < -0.4 is 10.1 Å². The van der Waals surface area contributed by atoms with Gasteiger partial charge in [0.1, 0.15) is 10.8 Å². The standard InChI is InChI=1S/C20H26N4O3S/c1-3-12-24(19(26)15-5-4-6-15)13-11-17(25)21-20-23-22-18(28-20)14-7-9-16(27-2)10-8-14/h7-10,15H,3-6,11-13H2,1-2H3,(H,21,23,25). The molecule has 1 aromatic heterocycles. The summed E-state index contributed by atoms with van der Waals surface area (Å²) in [6.07, 6.45) is 4.23. The van der Waals surface area contributed by atoms with Gasteiger partial charge in [-0.1, -0.05) is 24.7 Å².